The first-order valence-electron chi connectivity index (χ1n) is 10.8. The third-order valence-corrected chi connectivity index (χ3v) is 6.32. The van der Waals surface area contributed by atoms with Gasteiger partial charge in [-0.05, 0) is 42.0 Å². The Labute approximate surface area is 197 Å². The lowest BCUT2D eigenvalue weighted by Gasteiger charge is -2.20. The van der Waals surface area contributed by atoms with Crippen molar-refractivity contribution in [2.45, 2.75) is 18.9 Å². The zero-order valence-corrected chi connectivity index (χ0v) is 19.2. The molecule has 7 heteroatoms. The zero-order valence-electron chi connectivity index (χ0n) is 18.5. The minimum absolute atomic E-state index is 0.0351. The van der Waals surface area contributed by atoms with E-state index in [1.807, 2.05) is 54.6 Å². The number of nitrogens with zero attached hydrogens (tertiary/aromatic N) is 3. The van der Waals surface area contributed by atoms with Crippen LogP contribution in [-0.4, -0.2) is 36.2 Å². The van der Waals surface area contributed by atoms with Crippen molar-refractivity contribution in [1.82, 2.24) is 9.55 Å². The van der Waals surface area contributed by atoms with Crippen LogP contribution < -0.4 is 14.4 Å². The van der Waals surface area contributed by atoms with Crippen molar-refractivity contribution in [1.29, 1.82) is 0 Å². The molecule has 2 heterocycles. The molecule has 6 nitrogen and oxygen atoms in total. The lowest BCUT2D eigenvalue weighted by Crippen LogP contribution is -2.25. The average Bonchev–Trinajstić information content (AvgIpc) is 3.39. The molecule has 4 aromatic rings. The minimum Gasteiger partial charge on any atom is -0.497 e. The van der Waals surface area contributed by atoms with Crippen LogP contribution >= 0.6 is 11.6 Å². The normalized spacial score (nSPS) is 15.9. The number of hydrogen-bond acceptors (Lipinski definition) is 4. The van der Waals surface area contributed by atoms with E-state index in [0.717, 1.165) is 22.4 Å². The molecule has 1 fully saturated rings. The highest BCUT2D eigenvalue weighted by Gasteiger charge is 2.36. The smallest absolute Gasteiger partial charge is 0.227 e. The lowest BCUT2D eigenvalue weighted by atomic mass is 10.1. The Morgan fingerprint density at radius 3 is 2.67 bits per heavy atom. The molecule has 0 radical (unpaired) electrons. The van der Waals surface area contributed by atoms with Crippen LogP contribution in [0.3, 0.4) is 0 Å². The largest absolute Gasteiger partial charge is 0.497 e. The third-order valence-electron chi connectivity index (χ3n) is 6.08. The van der Waals surface area contributed by atoms with Crippen LogP contribution in [0.15, 0.2) is 66.7 Å². The van der Waals surface area contributed by atoms with Gasteiger partial charge in [0.05, 0.1) is 30.9 Å². The number of methoxy groups -OCH3 is 2. The Hall–Kier alpha value is -3.51. The van der Waals surface area contributed by atoms with E-state index in [2.05, 4.69) is 16.7 Å². The van der Waals surface area contributed by atoms with Gasteiger partial charge in [-0.2, -0.15) is 0 Å². The second-order valence-corrected chi connectivity index (χ2v) is 8.55. The summed E-state index contributed by atoms with van der Waals surface area (Å²) >= 11 is 6.23. The number of imidazole rings is 1. The predicted molar refractivity (Wildman–Crippen MR) is 130 cm³/mol. The maximum absolute atomic E-state index is 13.1. The third kappa shape index (κ3) is 4.02. The SMILES string of the molecule is COc1ccc(OC)c(N2CC(c3nc4ccccc4n3Cc3cccc(Cl)c3)CC2=O)c1. The zero-order chi connectivity index (χ0) is 22.9. The molecule has 0 bridgehead atoms. The van der Waals surface area contributed by atoms with Gasteiger partial charge >= 0.3 is 0 Å². The standard InChI is InChI=1S/C26H24ClN3O3/c1-32-20-10-11-24(33-2)23(14-20)29-16-18(13-25(29)31)26-28-21-8-3-4-9-22(21)30(26)15-17-6-5-7-19(27)12-17/h3-12,14,18H,13,15-16H2,1-2H3. The fourth-order valence-corrected chi connectivity index (χ4v) is 4.72. The van der Waals surface area contributed by atoms with Crippen LogP contribution in [0.1, 0.15) is 23.7 Å². The highest BCUT2D eigenvalue weighted by Crippen LogP contribution is 2.39. The molecule has 0 spiro atoms. The highest BCUT2D eigenvalue weighted by molar-refractivity contribution is 6.30. The van der Waals surface area contributed by atoms with Crippen LogP contribution in [-0.2, 0) is 11.3 Å². The van der Waals surface area contributed by atoms with E-state index in [0.29, 0.717) is 41.7 Å². The Morgan fingerprint density at radius 1 is 1.03 bits per heavy atom. The van der Waals surface area contributed by atoms with Gasteiger partial charge in [-0.15, -0.1) is 0 Å². The van der Waals surface area contributed by atoms with Crippen molar-refractivity contribution in [3.05, 3.63) is 83.1 Å². The van der Waals surface area contributed by atoms with Gasteiger partial charge in [0.15, 0.2) is 0 Å². The number of halogens is 1. The second-order valence-electron chi connectivity index (χ2n) is 8.12. The monoisotopic (exact) mass is 461 g/mol. The molecular formula is C26H24ClN3O3. The summed E-state index contributed by atoms with van der Waals surface area (Å²) in [5.41, 5.74) is 3.75. The van der Waals surface area contributed by atoms with E-state index in [9.17, 15) is 4.79 Å². The van der Waals surface area contributed by atoms with Gasteiger partial charge in [-0.1, -0.05) is 35.9 Å². The Balaban J connectivity index is 1.53. The highest BCUT2D eigenvalue weighted by atomic mass is 35.5. The lowest BCUT2D eigenvalue weighted by molar-refractivity contribution is -0.117. The topological polar surface area (TPSA) is 56.6 Å². The fourth-order valence-electron chi connectivity index (χ4n) is 4.51. The quantitative estimate of drug-likeness (QED) is 0.392. The number of fused-ring (bicyclic) bond motifs is 1. The summed E-state index contributed by atoms with van der Waals surface area (Å²) in [4.78, 5) is 19.9. The summed E-state index contributed by atoms with van der Waals surface area (Å²) in [7, 11) is 3.21. The van der Waals surface area contributed by atoms with Crippen molar-refractivity contribution >= 4 is 34.2 Å². The van der Waals surface area contributed by atoms with Crippen molar-refractivity contribution in [3.8, 4) is 11.5 Å². The molecule has 1 unspecified atom stereocenters. The first-order valence-corrected chi connectivity index (χ1v) is 11.2. The van der Waals surface area contributed by atoms with Crippen LogP contribution in [0.5, 0.6) is 11.5 Å². The molecule has 0 N–H and O–H groups in total. The minimum atomic E-state index is -0.0556. The van der Waals surface area contributed by atoms with E-state index < -0.39 is 0 Å². The van der Waals surface area contributed by atoms with Gasteiger partial charge in [-0.25, -0.2) is 4.98 Å². The van der Waals surface area contributed by atoms with E-state index in [4.69, 9.17) is 26.1 Å². The number of amides is 1. The molecule has 1 saturated heterocycles. The Bertz CT molecular complexity index is 1330. The molecule has 1 aromatic heterocycles. The number of rotatable bonds is 6. The summed E-state index contributed by atoms with van der Waals surface area (Å²) in [6.07, 6.45) is 0.374. The van der Waals surface area contributed by atoms with E-state index in [-0.39, 0.29) is 11.8 Å². The van der Waals surface area contributed by atoms with Crippen molar-refractivity contribution in [3.63, 3.8) is 0 Å². The Kier molecular flexibility index (Phi) is 5.68. The van der Waals surface area contributed by atoms with Crippen LogP contribution in [0.25, 0.3) is 11.0 Å². The first-order chi connectivity index (χ1) is 16.1. The van der Waals surface area contributed by atoms with Gasteiger partial charge in [-0.3, -0.25) is 4.79 Å². The van der Waals surface area contributed by atoms with Gasteiger partial charge in [0, 0.05) is 36.5 Å². The van der Waals surface area contributed by atoms with E-state index >= 15 is 0 Å². The number of carbonyl (C=O) groups excluding carboxylic acids is 1. The average molecular weight is 462 g/mol. The van der Waals surface area contributed by atoms with Crippen LogP contribution in [0.4, 0.5) is 5.69 Å². The molecule has 3 aromatic carbocycles. The van der Waals surface area contributed by atoms with E-state index in [1.165, 1.54) is 0 Å². The first kappa shape index (κ1) is 21.3. The molecule has 1 aliphatic heterocycles. The summed E-state index contributed by atoms with van der Waals surface area (Å²) in [6, 6.07) is 21.4. The molecule has 168 valence electrons. The maximum Gasteiger partial charge on any atom is 0.227 e. The van der Waals surface area contributed by atoms with Crippen molar-refractivity contribution < 1.29 is 14.3 Å². The summed E-state index contributed by atoms with van der Waals surface area (Å²) in [5, 5.41) is 0.700. The number of anilines is 1. The molecule has 1 aliphatic rings. The van der Waals surface area contributed by atoms with E-state index in [1.54, 1.807) is 19.1 Å². The molecule has 5 rings (SSSR count). The number of para-hydroxylation sites is 2. The molecule has 0 saturated carbocycles. The molecule has 0 aliphatic carbocycles. The van der Waals surface area contributed by atoms with Crippen LogP contribution in [0, 0.1) is 0 Å². The molecule has 33 heavy (non-hydrogen) atoms. The number of ether oxygens (including phenoxy) is 2. The number of benzene rings is 3. The van der Waals surface area contributed by atoms with Gasteiger partial charge < -0.3 is 18.9 Å². The maximum atomic E-state index is 13.1. The predicted octanol–water partition coefficient (Wildman–Crippen LogP) is 5.28. The van der Waals surface area contributed by atoms with Crippen molar-refractivity contribution in [2.24, 2.45) is 0 Å². The van der Waals surface area contributed by atoms with Crippen molar-refractivity contribution in [2.75, 3.05) is 25.7 Å². The van der Waals surface area contributed by atoms with Gasteiger partial charge in [0.25, 0.3) is 0 Å². The summed E-state index contributed by atoms with van der Waals surface area (Å²) in [5.74, 6) is 2.19. The number of hydrogen-bond donors (Lipinski definition) is 0. The summed E-state index contributed by atoms with van der Waals surface area (Å²) < 4.78 is 13.1. The van der Waals surface area contributed by atoms with Gasteiger partial charge in [0.1, 0.15) is 17.3 Å². The number of carbonyl (C=O) groups is 1. The fraction of sp³-hybridized carbons (Fsp3) is 0.231. The molecular weight excluding hydrogens is 438 g/mol. The number of aromatic nitrogens is 2. The second kappa shape index (κ2) is 8.79. The Morgan fingerprint density at radius 2 is 1.88 bits per heavy atom. The summed E-state index contributed by atoms with van der Waals surface area (Å²) in [6.45, 7) is 1.14. The molecule has 1 atom stereocenters. The van der Waals surface area contributed by atoms with Crippen LogP contribution in [0.2, 0.25) is 5.02 Å². The molecule has 1 amide bonds. The van der Waals surface area contributed by atoms with Gasteiger partial charge in [0.2, 0.25) is 5.91 Å².